The summed E-state index contributed by atoms with van der Waals surface area (Å²) in [7, 11) is 0. The molecule has 0 aliphatic carbocycles. The van der Waals surface area contributed by atoms with Crippen molar-refractivity contribution in [2.75, 3.05) is 11.9 Å². The molecule has 1 heterocycles. The second-order valence-corrected chi connectivity index (χ2v) is 5.29. The summed E-state index contributed by atoms with van der Waals surface area (Å²) in [6.45, 7) is 2.80. The Morgan fingerprint density at radius 1 is 1.19 bits per heavy atom. The number of para-hydroxylation sites is 1. The van der Waals surface area contributed by atoms with Crippen molar-refractivity contribution < 1.29 is 9.53 Å². The van der Waals surface area contributed by atoms with E-state index >= 15 is 0 Å². The molecular weight excluding hydrogens is 262 g/mol. The molecule has 108 valence electrons. The van der Waals surface area contributed by atoms with Gasteiger partial charge < -0.3 is 10.1 Å². The molecule has 3 heteroatoms. The van der Waals surface area contributed by atoms with Crippen molar-refractivity contribution in [3.05, 3.63) is 59.7 Å². The summed E-state index contributed by atoms with van der Waals surface area (Å²) in [4.78, 5) is 12.3. The number of benzene rings is 2. The highest BCUT2D eigenvalue weighted by Gasteiger charge is 2.25. The van der Waals surface area contributed by atoms with Crippen molar-refractivity contribution in [2.45, 2.75) is 25.8 Å². The van der Waals surface area contributed by atoms with E-state index in [1.54, 1.807) is 0 Å². The molecule has 3 rings (SSSR count). The van der Waals surface area contributed by atoms with Crippen LogP contribution in [0.1, 0.15) is 41.7 Å². The number of carbonyl (C=O) groups excluding carboxylic acids is 1. The highest BCUT2D eigenvalue weighted by Crippen LogP contribution is 2.33. The zero-order valence-electron chi connectivity index (χ0n) is 12.1. The molecule has 1 aliphatic heterocycles. The van der Waals surface area contributed by atoms with Gasteiger partial charge in [0, 0.05) is 17.7 Å². The van der Waals surface area contributed by atoms with E-state index in [4.69, 9.17) is 4.74 Å². The van der Waals surface area contributed by atoms with Crippen molar-refractivity contribution in [3.63, 3.8) is 0 Å². The molecule has 1 aliphatic rings. The summed E-state index contributed by atoms with van der Waals surface area (Å²) in [5.41, 5.74) is 2.79. The molecule has 0 bridgehead atoms. The van der Waals surface area contributed by atoms with Crippen LogP contribution in [-0.4, -0.2) is 12.4 Å². The van der Waals surface area contributed by atoms with Gasteiger partial charge in [-0.05, 0) is 36.2 Å². The summed E-state index contributed by atoms with van der Waals surface area (Å²) in [5, 5.41) is 3.45. The summed E-state index contributed by atoms with van der Waals surface area (Å²) in [5.74, 6) is 1.05. The highest BCUT2D eigenvalue weighted by molar-refractivity contribution is 6.03. The van der Waals surface area contributed by atoms with Crippen molar-refractivity contribution in [2.24, 2.45) is 0 Å². The van der Waals surface area contributed by atoms with Crippen LogP contribution in [0.3, 0.4) is 0 Å². The van der Waals surface area contributed by atoms with Crippen LogP contribution in [0.4, 0.5) is 5.69 Å². The molecule has 3 nitrogen and oxygen atoms in total. The maximum absolute atomic E-state index is 12.3. The Balaban J connectivity index is 1.84. The van der Waals surface area contributed by atoms with Crippen LogP contribution in [0.2, 0.25) is 0 Å². The molecule has 0 aromatic heterocycles. The smallest absolute Gasteiger partial charge is 0.167 e. The van der Waals surface area contributed by atoms with E-state index in [9.17, 15) is 4.79 Å². The van der Waals surface area contributed by atoms with E-state index in [1.807, 2.05) is 48.5 Å². The van der Waals surface area contributed by atoms with Gasteiger partial charge in [0.2, 0.25) is 0 Å². The normalized spacial score (nSPS) is 17.0. The van der Waals surface area contributed by atoms with Gasteiger partial charge in [0.25, 0.3) is 0 Å². The van der Waals surface area contributed by atoms with E-state index in [1.165, 1.54) is 0 Å². The number of anilines is 1. The van der Waals surface area contributed by atoms with Gasteiger partial charge >= 0.3 is 0 Å². The third-order valence-electron chi connectivity index (χ3n) is 3.68. The zero-order valence-corrected chi connectivity index (χ0v) is 12.1. The number of hydrogen-bond donors (Lipinski definition) is 1. The molecule has 2 aromatic rings. The van der Waals surface area contributed by atoms with Gasteiger partial charge in [-0.25, -0.2) is 0 Å². The van der Waals surface area contributed by atoms with Gasteiger partial charge in [-0.1, -0.05) is 31.2 Å². The molecule has 0 saturated heterocycles. The quantitative estimate of drug-likeness (QED) is 0.912. The highest BCUT2D eigenvalue weighted by atomic mass is 16.5. The molecule has 1 unspecified atom stereocenters. The Morgan fingerprint density at radius 3 is 2.90 bits per heavy atom. The SMILES string of the molecule is CCCOc1cccc(C2CC(=O)c3ccccc3N2)c1. The minimum atomic E-state index is 0.0116. The predicted molar refractivity (Wildman–Crippen MR) is 84.0 cm³/mol. The minimum absolute atomic E-state index is 0.0116. The number of ether oxygens (including phenoxy) is 1. The summed E-state index contributed by atoms with van der Waals surface area (Å²) in [6.07, 6.45) is 1.46. The lowest BCUT2D eigenvalue weighted by atomic mass is 9.92. The lowest BCUT2D eigenvalue weighted by Gasteiger charge is -2.26. The van der Waals surface area contributed by atoms with Gasteiger partial charge in [-0.3, -0.25) is 4.79 Å². The van der Waals surface area contributed by atoms with Crippen LogP contribution in [0.25, 0.3) is 0 Å². The molecule has 1 atom stereocenters. The molecule has 2 aromatic carbocycles. The Kier molecular flexibility index (Phi) is 3.91. The van der Waals surface area contributed by atoms with Gasteiger partial charge in [-0.2, -0.15) is 0 Å². The fraction of sp³-hybridized carbons (Fsp3) is 0.278. The lowest BCUT2D eigenvalue weighted by Crippen LogP contribution is -2.22. The summed E-state index contributed by atoms with van der Waals surface area (Å²) >= 11 is 0. The molecule has 1 N–H and O–H groups in total. The predicted octanol–water partition coefficient (Wildman–Crippen LogP) is 4.22. The van der Waals surface area contributed by atoms with E-state index in [-0.39, 0.29) is 11.8 Å². The lowest BCUT2D eigenvalue weighted by molar-refractivity contribution is 0.0972. The van der Waals surface area contributed by atoms with Crippen LogP contribution in [-0.2, 0) is 0 Å². The largest absolute Gasteiger partial charge is 0.494 e. The average Bonchev–Trinajstić information content (AvgIpc) is 2.53. The van der Waals surface area contributed by atoms with Gasteiger partial charge in [-0.15, -0.1) is 0 Å². The number of fused-ring (bicyclic) bond motifs is 1. The van der Waals surface area contributed by atoms with Gasteiger partial charge in [0.15, 0.2) is 5.78 Å². The Labute approximate surface area is 124 Å². The molecule has 0 amide bonds. The van der Waals surface area contributed by atoms with Gasteiger partial charge in [0.1, 0.15) is 5.75 Å². The topological polar surface area (TPSA) is 38.3 Å². The molecule has 0 saturated carbocycles. The van der Waals surface area contributed by atoms with Crippen LogP contribution < -0.4 is 10.1 Å². The number of nitrogens with one attached hydrogen (secondary N) is 1. The Bertz CT molecular complexity index is 651. The van der Waals surface area contributed by atoms with Crippen molar-refractivity contribution >= 4 is 11.5 Å². The van der Waals surface area contributed by atoms with Gasteiger partial charge in [0.05, 0.1) is 12.6 Å². The fourth-order valence-corrected chi connectivity index (χ4v) is 2.63. The Morgan fingerprint density at radius 2 is 2.05 bits per heavy atom. The van der Waals surface area contributed by atoms with Crippen molar-refractivity contribution in [1.82, 2.24) is 0 Å². The van der Waals surface area contributed by atoms with Crippen LogP contribution >= 0.6 is 0 Å². The van der Waals surface area contributed by atoms with E-state index in [0.29, 0.717) is 13.0 Å². The first-order chi connectivity index (χ1) is 10.3. The molecule has 0 fully saturated rings. The Hall–Kier alpha value is -2.29. The number of rotatable bonds is 4. The van der Waals surface area contributed by atoms with E-state index < -0.39 is 0 Å². The minimum Gasteiger partial charge on any atom is -0.494 e. The second-order valence-electron chi connectivity index (χ2n) is 5.29. The third kappa shape index (κ3) is 2.92. The van der Waals surface area contributed by atoms with E-state index in [0.717, 1.165) is 29.0 Å². The maximum atomic E-state index is 12.3. The standard InChI is InChI=1S/C18H19NO2/c1-2-10-21-14-7-5-6-13(11-14)17-12-18(20)15-8-3-4-9-16(15)19-17/h3-9,11,17,19H,2,10,12H2,1H3. The fourth-order valence-electron chi connectivity index (χ4n) is 2.63. The molecule has 0 radical (unpaired) electrons. The first-order valence-electron chi connectivity index (χ1n) is 7.39. The third-order valence-corrected chi connectivity index (χ3v) is 3.68. The number of carbonyl (C=O) groups is 1. The van der Waals surface area contributed by atoms with E-state index in [2.05, 4.69) is 12.2 Å². The van der Waals surface area contributed by atoms with Crippen LogP contribution in [0, 0.1) is 0 Å². The number of Topliss-reactive ketones (excluding diaryl/α,β-unsaturated/α-hetero) is 1. The number of hydrogen-bond acceptors (Lipinski definition) is 3. The molecular formula is C18H19NO2. The zero-order chi connectivity index (χ0) is 14.7. The maximum Gasteiger partial charge on any atom is 0.167 e. The monoisotopic (exact) mass is 281 g/mol. The van der Waals surface area contributed by atoms with Crippen molar-refractivity contribution in [1.29, 1.82) is 0 Å². The first-order valence-corrected chi connectivity index (χ1v) is 7.39. The summed E-state index contributed by atoms with van der Waals surface area (Å²) in [6, 6.07) is 15.7. The molecule has 0 spiro atoms. The summed E-state index contributed by atoms with van der Waals surface area (Å²) < 4.78 is 5.67. The van der Waals surface area contributed by atoms with Crippen LogP contribution in [0.5, 0.6) is 5.75 Å². The number of ketones is 1. The molecule has 21 heavy (non-hydrogen) atoms. The average molecular weight is 281 g/mol. The van der Waals surface area contributed by atoms with Crippen LogP contribution in [0.15, 0.2) is 48.5 Å². The first kappa shape index (κ1) is 13.7. The second kappa shape index (κ2) is 6.00. The van der Waals surface area contributed by atoms with Crippen molar-refractivity contribution in [3.8, 4) is 5.75 Å².